The summed E-state index contributed by atoms with van der Waals surface area (Å²) >= 11 is 0. The Labute approximate surface area is 151 Å². The predicted octanol–water partition coefficient (Wildman–Crippen LogP) is 1.67. The first-order valence-corrected chi connectivity index (χ1v) is 8.51. The number of hydrazone groups is 1. The highest BCUT2D eigenvalue weighted by Gasteiger charge is 2.43. The Hall–Kier alpha value is -3.03. The molecular formula is C18H22N6O2. The van der Waals surface area contributed by atoms with Crippen LogP contribution < -0.4 is 10.3 Å². The van der Waals surface area contributed by atoms with E-state index in [0.29, 0.717) is 17.2 Å². The highest BCUT2D eigenvalue weighted by molar-refractivity contribution is 6.27. The third-order valence-electron chi connectivity index (χ3n) is 4.31. The fraction of sp³-hybridized carbons (Fsp3) is 0.389. The molecule has 2 aromatic rings. The van der Waals surface area contributed by atoms with Crippen LogP contribution in [0.2, 0.25) is 0 Å². The van der Waals surface area contributed by atoms with Gasteiger partial charge in [-0.05, 0) is 25.0 Å². The van der Waals surface area contributed by atoms with Crippen molar-refractivity contribution in [3.63, 3.8) is 0 Å². The number of hydrogen-bond donors (Lipinski definition) is 1. The van der Waals surface area contributed by atoms with Crippen molar-refractivity contribution in [3.8, 4) is 0 Å². The maximum atomic E-state index is 12.9. The molecule has 1 aliphatic rings. The Kier molecular flexibility index (Phi) is 4.83. The second-order valence-corrected chi connectivity index (χ2v) is 6.63. The van der Waals surface area contributed by atoms with Gasteiger partial charge in [-0.25, -0.2) is 0 Å². The summed E-state index contributed by atoms with van der Waals surface area (Å²) in [6, 6.07) is 8.74. The van der Waals surface area contributed by atoms with E-state index in [0.717, 1.165) is 0 Å². The van der Waals surface area contributed by atoms with Crippen LogP contribution in [0.1, 0.15) is 32.6 Å². The van der Waals surface area contributed by atoms with Crippen molar-refractivity contribution in [2.45, 2.75) is 26.8 Å². The molecule has 2 amide bonds. The Balaban J connectivity index is 1.84. The zero-order valence-electron chi connectivity index (χ0n) is 15.2. The monoisotopic (exact) mass is 354 g/mol. The lowest BCUT2D eigenvalue weighted by atomic mass is 9.93. The van der Waals surface area contributed by atoms with E-state index in [1.165, 1.54) is 5.01 Å². The number of amides is 2. The van der Waals surface area contributed by atoms with Gasteiger partial charge in [0.1, 0.15) is 6.33 Å². The number of rotatable bonds is 5. The van der Waals surface area contributed by atoms with Crippen LogP contribution in [0, 0.1) is 11.8 Å². The van der Waals surface area contributed by atoms with Gasteiger partial charge in [0.2, 0.25) is 5.91 Å². The highest BCUT2D eigenvalue weighted by Crippen LogP contribution is 2.27. The van der Waals surface area contributed by atoms with Crippen molar-refractivity contribution in [1.29, 1.82) is 0 Å². The summed E-state index contributed by atoms with van der Waals surface area (Å²) in [5.41, 5.74) is 1.20. The second-order valence-electron chi connectivity index (χ2n) is 6.63. The third kappa shape index (κ3) is 3.22. The molecule has 0 bridgehead atoms. The molecule has 8 heteroatoms. The van der Waals surface area contributed by atoms with E-state index in [-0.39, 0.29) is 23.8 Å². The van der Waals surface area contributed by atoms with Gasteiger partial charge in [-0.2, -0.15) is 10.1 Å². The molecule has 3 rings (SSSR count). The van der Waals surface area contributed by atoms with Crippen LogP contribution >= 0.6 is 0 Å². The van der Waals surface area contributed by atoms with E-state index in [4.69, 9.17) is 0 Å². The minimum absolute atomic E-state index is 0.0338. The zero-order chi connectivity index (χ0) is 18.8. The van der Waals surface area contributed by atoms with Gasteiger partial charge < -0.3 is 9.88 Å². The van der Waals surface area contributed by atoms with Crippen LogP contribution in [0.3, 0.4) is 0 Å². The van der Waals surface area contributed by atoms with Crippen LogP contribution in [0.4, 0.5) is 5.69 Å². The summed E-state index contributed by atoms with van der Waals surface area (Å²) in [7, 11) is 1.80. The lowest BCUT2D eigenvalue weighted by molar-refractivity contribution is -0.130. The van der Waals surface area contributed by atoms with Crippen LogP contribution in [0.25, 0.3) is 0 Å². The van der Waals surface area contributed by atoms with Gasteiger partial charge in [-0.3, -0.25) is 9.59 Å². The predicted molar refractivity (Wildman–Crippen MR) is 97.3 cm³/mol. The summed E-state index contributed by atoms with van der Waals surface area (Å²) < 4.78 is 1.73. The van der Waals surface area contributed by atoms with Gasteiger partial charge in [-0.15, -0.1) is 10.2 Å². The average molecular weight is 354 g/mol. The van der Waals surface area contributed by atoms with Gasteiger partial charge in [-0.1, -0.05) is 32.0 Å². The summed E-state index contributed by atoms with van der Waals surface area (Å²) in [6.07, 6.45) is 1.57. The topological polar surface area (TPSA) is 92.5 Å². The first-order valence-electron chi connectivity index (χ1n) is 8.51. The molecule has 136 valence electrons. The highest BCUT2D eigenvalue weighted by atomic mass is 16.2. The molecule has 0 saturated heterocycles. The minimum atomic E-state index is -0.939. The molecule has 1 aliphatic heterocycles. The summed E-state index contributed by atoms with van der Waals surface area (Å²) in [5, 5.41) is 16.4. The van der Waals surface area contributed by atoms with E-state index >= 15 is 0 Å². The van der Waals surface area contributed by atoms with Crippen LogP contribution in [0.15, 0.2) is 41.8 Å². The Bertz CT molecular complexity index is 842. The average Bonchev–Trinajstić information content (AvgIpc) is 3.19. The number of carbonyl (C=O) groups is 2. The number of aryl methyl sites for hydroxylation is 1. The van der Waals surface area contributed by atoms with Crippen LogP contribution in [-0.4, -0.2) is 32.3 Å². The quantitative estimate of drug-likeness (QED) is 0.827. The third-order valence-corrected chi connectivity index (χ3v) is 4.31. The Morgan fingerprint density at radius 1 is 1.19 bits per heavy atom. The van der Waals surface area contributed by atoms with Gasteiger partial charge in [0, 0.05) is 7.05 Å². The molecule has 0 saturated carbocycles. The summed E-state index contributed by atoms with van der Waals surface area (Å²) in [6.45, 7) is 5.66. The maximum absolute atomic E-state index is 12.9. The summed E-state index contributed by atoms with van der Waals surface area (Å²) in [5.74, 6) is -1.08. The first-order chi connectivity index (χ1) is 12.4. The molecule has 0 aliphatic carbocycles. The maximum Gasteiger partial charge on any atom is 0.265 e. The molecule has 1 N–H and O–H groups in total. The number of hydrogen-bond acceptors (Lipinski definition) is 5. The van der Waals surface area contributed by atoms with E-state index < -0.39 is 5.92 Å². The number of nitrogens with one attached hydrogen (secondary N) is 1. The lowest BCUT2D eigenvalue weighted by Gasteiger charge is -2.18. The van der Waals surface area contributed by atoms with E-state index in [1.54, 1.807) is 30.1 Å². The first kappa shape index (κ1) is 17.8. The normalized spacial score (nSPS) is 18.2. The Morgan fingerprint density at radius 2 is 1.88 bits per heavy atom. The van der Waals surface area contributed by atoms with Gasteiger partial charge in [0.15, 0.2) is 11.7 Å². The largest absolute Gasteiger partial charge is 0.345 e. The fourth-order valence-corrected chi connectivity index (χ4v) is 2.97. The smallest absolute Gasteiger partial charge is 0.265 e. The zero-order valence-corrected chi connectivity index (χ0v) is 15.2. The molecule has 1 aromatic heterocycles. The Morgan fingerprint density at radius 3 is 2.46 bits per heavy atom. The molecule has 1 aromatic carbocycles. The molecule has 2 unspecified atom stereocenters. The van der Waals surface area contributed by atoms with Crippen molar-refractivity contribution >= 4 is 23.2 Å². The molecule has 2 heterocycles. The molecule has 0 spiro atoms. The van der Waals surface area contributed by atoms with Crippen molar-refractivity contribution in [2.24, 2.45) is 24.0 Å². The standard InChI is InChI=1S/C18H22N6O2/c1-11(2)15-14(17(25)20-12(3)16-21-19-10-23(16)4)18(26)24(22-15)13-8-6-5-7-9-13/h5-12,14H,1-4H3,(H,20,25). The SMILES string of the molecule is CC(C)C1=NN(c2ccccc2)C(=O)C1C(=O)NC(C)c1nncn1C. The van der Waals surface area contributed by atoms with Crippen molar-refractivity contribution in [3.05, 3.63) is 42.5 Å². The minimum Gasteiger partial charge on any atom is -0.345 e. The van der Waals surface area contributed by atoms with Crippen molar-refractivity contribution < 1.29 is 9.59 Å². The van der Waals surface area contributed by atoms with E-state index in [2.05, 4.69) is 20.6 Å². The van der Waals surface area contributed by atoms with Crippen molar-refractivity contribution in [1.82, 2.24) is 20.1 Å². The van der Waals surface area contributed by atoms with E-state index in [1.807, 2.05) is 39.0 Å². The molecule has 0 fully saturated rings. The number of para-hydroxylation sites is 1. The second kappa shape index (κ2) is 7.07. The number of aromatic nitrogens is 3. The molecule has 8 nitrogen and oxygen atoms in total. The fourth-order valence-electron chi connectivity index (χ4n) is 2.97. The van der Waals surface area contributed by atoms with Gasteiger partial charge >= 0.3 is 0 Å². The summed E-state index contributed by atoms with van der Waals surface area (Å²) in [4.78, 5) is 25.8. The molecule has 26 heavy (non-hydrogen) atoms. The number of benzene rings is 1. The molecular weight excluding hydrogens is 332 g/mol. The number of anilines is 1. The van der Waals surface area contributed by atoms with E-state index in [9.17, 15) is 9.59 Å². The van der Waals surface area contributed by atoms with Gasteiger partial charge in [0.05, 0.1) is 17.4 Å². The number of carbonyl (C=O) groups excluding carboxylic acids is 2. The molecule has 0 radical (unpaired) electrons. The van der Waals surface area contributed by atoms with Gasteiger partial charge in [0.25, 0.3) is 5.91 Å². The lowest BCUT2D eigenvalue weighted by Crippen LogP contribution is -2.42. The molecule has 2 atom stereocenters. The van der Waals surface area contributed by atoms with Crippen LogP contribution in [-0.2, 0) is 16.6 Å². The number of nitrogens with zero attached hydrogens (tertiary/aromatic N) is 5. The van der Waals surface area contributed by atoms with Crippen molar-refractivity contribution in [2.75, 3.05) is 5.01 Å². The van der Waals surface area contributed by atoms with Crippen LogP contribution in [0.5, 0.6) is 0 Å².